The Bertz CT molecular complexity index is 981. The molecule has 0 spiro atoms. The minimum absolute atomic E-state index is 0.0466. The number of unbranched alkanes of at least 4 members (excludes halogenated alkanes) is 3. The summed E-state index contributed by atoms with van der Waals surface area (Å²) in [6, 6.07) is 15.9. The molecule has 1 aromatic heterocycles. The summed E-state index contributed by atoms with van der Waals surface area (Å²) in [5.41, 5.74) is 4.29. The largest absolute Gasteiger partial charge is 0.420 e. The summed E-state index contributed by atoms with van der Waals surface area (Å²) in [4.78, 5) is 17.0. The predicted octanol–water partition coefficient (Wildman–Crippen LogP) is 7.18. The van der Waals surface area contributed by atoms with E-state index in [1.54, 1.807) is 12.1 Å². The quantitative estimate of drug-likeness (QED) is 0.198. The van der Waals surface area contributed by atoms with Crippen molar-refractivity contribution in [2.24, 2.45) is 0 Å². The highest BCUT2D eigenvalue weighted by atomic mass is 19.1. The van der Waals surface area contributed by atoms with Crippen LogP contribution in [0.3, 0.4) is 0 Å². The Balaban J connectivity index is 1.62. The number of esters is 1. The van der Waals surface area contributed by atoms with Gasteiger partial charge < -0.3 is 4.74 Å². The topological polar surface area (TPSA) is 39.2 Å². The number of ether oxygens (including phenoxy) is 1. The third-order valence-corrected chi connectivity index (χ3v) is 5.33. The molecule has 3 rings (SSSR count). The second-order valence-electron chi connectivity index (χ2n) is 7.84. The van der Waals surface area contributed by atoms with Crippen LogP contribution in [0.25, 0.3) is 11.3 Å². The molecule has 0 N–H and O–H groups in total. The molecule has 0 unspecified atom stereocenters. The van der Waals surface area contributed by atoms with Crippen LogP contribution in [0, 0.1) is 5.82 Å². The van der Waals surface area contributed by atoms with E-state index in [9.17, 15) is 9.18 Å². The summed E-state index contributed by atoms with van der Waals surface area (Å²) in [7, 11) is 0. The van der Waals surface area contributed by atoms with Crippen LogP contribution in [0.5, 0.6) is 5.75 Å². The third-order valence-electron chi connectivity index (χ3n) is 5.33. The van der Waals surface area contributed by atoms with Crippen LogP contribution in [0.2, 0.25) is 0 Å². The first kappa shape index (κ1) is 22.7. The molecular weight excluding hydrogens is 389 g/mol. The van der Waals surface area contributed by atoms with Gasteiger partial charge in [0, 0.05) is 11.8 Å². The Labute approximate surface area is 184 Å². The van der Waals surface area contributed by atoms with Gasteiger partial charge in [-0.05, 0) is 67.1 Å². The molecule has 0 aliphatic carbocycles. The first-order valence-corrected chi connectivity index (χ1v) is 11.2. The van der Waals surface area contributed by atoms with Crippen molar-refractivity contribution in [2.45, 2.75) is 58.8 Å². The van der Waals surface area contributed by atoms with Crippen LogP contribution in [0.1, 0.15) is 67.4 Å². The van der Waals surface area contributed by atoms with E-state index in [1.165, 1.54) is 37.0 Å². The van der Waals surface area contributed by atoms with E-state index < -0.39 is 11.8 Å². The zero-order valence-corrected chi connectivity index (χ0v) is 18.4. The number of aryl methyl sites for hydroxylation is 2. The number of hydrogen-bond donors (Lipinski definition) is 0. The van der Waals surface area contributed by atoms with E-state index in [4.69, 9.17) is 4.74 Å². The Morgan fingerprint density at radius 3 is 2.23 bits per heavy atom. The van der Waals surface area contributed by atoms with Gasteiger partial charge in [0.15, 0.2) is 11.6 Å². The normalized spacial score (nSPS) is 10.8. The van der Waals surface area contributed by atoms with Crippen molar-refractivity contribution in [1.82, 2.24) is 4.98 Å². The molecule has 0 radical (unpaired) electrons. The van der Waals surface area contributed by atoms with Crippen molar-refractivity contribution in [1.29, 1.82) is 0 Å². The summed E-state index contributed by atoms with van der Waals surface area (Å²) >= 11 is 0. The van der Waals surface area contributed by atoms with Crippen molar-refractivity contribution in [2.75, 3.05) is 0 Å². The standard InChI is InChI=1S/C27H30FNO2/c1-3-5-7-9-21-10-16-25(29-19-21)22-12-14-23(15-13-22)27(30)31-26-17-11-20(8-6-4-2)18-24(26)28/h10-19H,3-9H2,1-2H3. The maximum atomic E-state index is 14.3. The maximum absolute atomic E-state index is 14.3. The molecule has 2 aromatic carbocycles. The minimum atomic E-state index is -0.578. The molecule has 0 amide bonds. The van der Waals surface area contributed by atoms with E-state index in [2.05, 4.69) is 24.9 Å². The van der Waals surface area contributed by atoms with Crippen molar-refractivity contribution in [3.63, 3.8) is 0 Å². The minimum Gasteiger partial charge on any atom is -0.420 e. The number of pyridine rings is 1. The van der Waals surface area contributed by atoms with Crippen LogP contribution in [0.4, 0.5) is 4.39 Å². The van der Waals surface area contributed by atoms with E-state index in [0.29, 0.717) is 5.56 Å². The van der Waals surface area contributed by atoms with Crippen LogP contribution >= 0.6 is 0 Å². The van der Waals surface area contributed by atoms with E-state index in [-0.39, 0.29) is 5.75 Å². The average molecular weight is 420 g/mol. The Morgan fingerprint density at radius 2 is 1.58 bits per heavy atom. The lowest BCUT2D eigenvalue weighted by molar-refractivity contribution is 0.0728. The molecule has 0 bridgehead atoms. The third kappa shape index (κ3) is 6.48. The number of rotatable bonds is 10. The number of carbonyl (C=O) groups excluding carboxylic acids is 1. The zero-order chi connectivity index (χ0) is 22.1. The summed E-state index contributed by atoms with van der Waals surface area (Å²) < 4.78 is 19.6. The van der Waals surface area contributed by atoms with Gasteiger partial charge in [0.2, 0.25) is 0 Å². The monoisotopic (exact) mass is 419 g/mol. The van der Waals surface area contributed by atoms with Crippen LogP contribution in [0.15, 0.2) is 60.8 Å². The Kier molecular flexibility index (Phi) is 8.34. The number of carbonyl (C=O) groups is 1. The molecule has 0 aliphatic heterocycles. The number of hydrogen-bond acceptors (Lipinski definition) is 3. The van der Waals surface area contributed by atoms with Crippen LogP contribution < -0.4 is 4.74 Å². The molecule has 3 aromatic rings. The Morgan fingerprint density at radius 1 is 0.871 bits per heavy atom. The van der Waals surface area contributed by atoms with Gasteiger partial charge >= 0.3 is 5.97 Å². The fourth-order valence-corrected chi connectivity index (χ4v) is 3.42. The first-order chi connectivity index (χ1) is 15.1. The van der Waals surface area contributed by atoms with Crippen molar-refractivity contribution in [3.05, 3.63) is 83.3 Å². The fourth-order valence-electron chi connectivity index (χ4n) is 3.42. The first-order valence-electron chi connectivity index (χ1n) is 11.2. The highest BCUT2D eigenvalue weighted by Gasteiger charge is 2.13. The Hall–Kier alpha value is -3.01. The lowest BCUT2D eigenvalue weighted by Crippen LogP contribution is -2.09. The molecule has 162 valence electrons. The van der Waals surface area contributed by atoms with Gasteiger partial charge in [-0.25, -0.2) is 9.18 Å². The summed E-state index contributed by atoms with van der Waals surface area (Å²) in [6.07, 6.45) is 9.44. The number of nitrogens with zero attached hydrogens (tertiary/aromatic N) is 1. The average Bonchev–Trinajstić information content (AvgIpc) is 2.80. The van der Waals surface area contributed by atoms with Crippen molar-refractivity contribution >= 4 is 5.97 Å². The fraction of sp³-hybridized carbons (Fsp3) is 0.333. The molecule has 4 heteroatoms. The maximum Gasteiger partial charge on any atom is 0.343 e. The molecule has 0 atom stereocenters. The number of aromatic nitrogens is 1. The molecule has 3 nitrogen and oxygen atoms in total. The zero-order valence-electron chi connectivity index (χ0n) is 18.4. The van der Waals surface area contributed by atoms with Gasteiger partial charge in [-0.3, -0.25) is 4.98 Å². The second-order valence-corrected chi connectivity index (χ2v) is 7.84. The van der Waals surface area contributed by atoms with Gasteiger partial charge in [-0.1, -0.05) is 57.4 Å². The van der Waals surface area contributed by atoms with Gasteiger partial charge in [0.1, 0.15) is 0 Å². The molecule has 1 heterocycles. The highest BCUT2D eigenvalue weighted by Crippen LogP contribution is 2.22. The molecular formula is C27H30FNO2. The van der Waals surface area contributed by atoms with Crippen molar-refractivity contribution in [3.8, 4) is 17.0 Å². The van der Waals surface area contributed by atoms with E-state index in [1.807, 2.05) is 30.5 Å². The summed E-state index contributed by atoms with van der Waals surface area (Å²) in [6.45, 7) is 4.29. The van der Waals surface area contributed by atoms with E-state index in [0.717, 1.165) is 42.5 Å². The van der Waals surface area contributed by atoms with E-state index >= 15 is 0 Å². The number of halogens is 1. The van der Waals surface area contributed by atoms with Gasteiger partial charge in [-0.15, -0.1) is 0 Å². The number of benzene rings is 2. The SMILES string of the molecule is CCCCCc1ccc(-c2ccc(C(=O)Oc3ccc(CCCC)cc3F)cc2)nc1. The highest BCUT2D eigenvalue weighted by molar-refractivity contribution is 5.91. The molecule has 0 saturated heterocycles. The summed E-state index contributed by atoms with van der Waals surface area (Å²) in [5, 5.41) is 0. The van der Waals surface area contributed by atoms with Gasteiger partial charge in [0.05, 0.1) is 11.3 Å². The molecule has 0 fully saturated rings. The predicted molar refractivity (Wildman–Crippen MR) is 123 cm³/mol. The van der Waals surface area contributed by atoms with Crippen LogP contribution in [-0.2, 0) is 12.8 Å². The van der Waals surface area contributed by atoms with Crippen LogP contribution in [-0.4, -0.2) is 11.0 Å². The van der Waals surface area contributed by atoms with Crippen molar-refractivity contribution < 1.29 is 13.9 Å². The molecule has 31 heavy (non-hydrogen) atoms. The molecule has 0 aliphatic rings. The smallest absolute Gasteiger partial charge is 0.343 e. The molecule has 0 saturated carbocycles. The summed E-state index contributed by atoms with van der Waals surface area (Å²) in [5.74, 6) is -1.14. The lowest BCUT2D eigenvalue weighted by atomic mass is 10.1. The second kappa shape index (κ2) is 11.4. The van der Waals surface area contributed by atoms with Gasteiger partial charge in [0.25, 0.3) is 0 Å². The van der Waals surface area contributed by atoms with Gasteiger partial charge in [-0.2, -0.15) is 0 Å². The lowest BCUT2D eigenvalue weighted by Gasteiger charge is -2.08.